The number of pyridine rings is 1. The van der Waals surface area contributed by atoms with Gasteiger partial charge in [-0.15, -0.1) is 0 Å². The summed E-state index contributed by atoms with van der Waals surface area (Å²) in [5, 5.41) is 0. The Labute approximate surface area is 116 Å². The van der Waals surface area contributed by atoms with Crippen LogP contribution >= 0.6 is 0 Å². The van der Waals surface area contributed by atoms with Gasteiger partial charge in [0.2, 0.25) is 0 Å². The first-order chi connectivity index (χ1) is 9.20. The van der Waals surface area contributed by atoms with E-state index >= 15 is 0 Å². The summed E-state index contributed by atoms with van der Waals surface area (Å²) in [5.74, 6) is 5.85. The Kier molecular flexibility index (Phi) is 4.91. The number of nitrogens with one attached hydrogen (secondary N) is 1. The highest BCUT2D eigenvalue weighted by Gasteiger charge is 2.38. The highest BCUT2D eigenvalue weighted by atomic mass is 15.3. The average molecular weight is 262 g/mol. The minimum Gasteiger partial charge on any atom is -0.296 e. The fourth-order valence-electron chi connectivity index (χ4n) is 3.13. The van der Waals surface area contributed by atoms with E-state index in [2.05, 4.69) is 35.2 Å². The fourth-order valence-corrected chi connectivity index (χ4v) is 3.13. The summed E-state index contributed by atoms with van der Waals surface area (Å²) >= 11 is 0. The van der Waals surface area contributed by atoms with Crippen LogP contribution in [-0.4, -0.2) is 34.6 Å². The molecule has 1 aromatic heterocycles. The molecule has 106 valence electrons. The molecule has 0 saturated carbocycles. The minimum atomic E-state index is 0.112. The second kappa shape index (κ2) is 6.46. The molecule has 1 aromatic rings. The van der Waals surface area contributed by atoms with Crippen LogP contribution in [0.1, 0.15) is 38.7 Å². The van der Waals surface area contributed by atoms with Gasteiger partial charge >= 0.3 is 0 Å². The Bertz CT molecular complexity index is 375. The SMILES string of the molecule is CCC(C)(C(Cc1cccnc1)NN)N1CCCC1. The maximum absolute atomic E-state index is 5.85. The third-order valence-electron chi connectivity index (χ3n) is 4.66. The zero-order valence-electron chi connectivity index (χ0n) is 12.1. The van der Waals surface area contributed by atoms with Gasteiger partial charge in [-0.3, -0.25) is 21.2 Å². The molecule has 1 fully saturated rings. The summed E-state index contributed by atoms with van der Waals surface area (Å²) in [7, 11) is 0. The maximum atomic E-state index is 5.85. The predicted octanol–water partition coefficient (Wildman–Crippen LogP) is 1.72. The van der Waals surface area contributed by atoms with Gasteiger partial charge in [-0.2, -0.15) is 0 Å². The normalized spacial score (nSPS) is 21.2. The molecule has 19 heavy (non-hydrogen) atoms. The maximum Gasteiger partial charge on any atom is 0.0432 e. The zero-order valence-corrected chi connectivity index (χ0v) is 12.1. The molecule has 1 saturated heterocycles. The molecule has 2 unspecified atom stereocenters. The molecule has 3 N–H and O–H groups in total. The second-order valence-electron chi connectivity index (χ2n) is 5.69. The number of nitrogens with two attached hydrogens (primary N) is 1. The van der Waals surface area contributed by atoms with Crippen LogP contribution in [0.4, 0.5) is 0 Å². The van der Waals surface area contributed by atoms with Crippen LogP contribution in [0.2, 0.25) is 0 Å². The van der Waals surface area contributed by atoms with Gasteiger partial charge in [-0.1, -0.05) is 13.0 Å². The van der Waals surface area contributed by atoms with Crippen molar-refractivity contribution in [3.8, 4) is 0 Å². The molecule has 0 amide bonds. The van der Waals surface area contributed by atoms with Crippen molar-refractivity contribution in [2.24, 2.45) is 5.84 Å². The topological polar surface area (TPSA) is 54.2 Å². The summed E-state index contributed by atoms with van der Waals surface area (Å²) in [4.78, 5) is 6.79. The lowest BCUT2D eigenvalue weighted by molar-refractivity contribution is 0.0840. The van der Waals surface area contributed by atoms with E-state index < -0.39 is 0 Å². The van der Waals surface area contributed by atoms with Crippen LogP contribution in [0.15, 0.2) is 24.5 Å². The van der Waals surface area contributed by atoms with Crippen molar-refractivity contribution >= 4 is 0 Å². The number of hydrogen-bond acceptors (Lipinski definition) is 4. The molecule has 4 heteroatoms. The van der Waals surface area contributed by atoms with Gasteiger partial charge in [0.1, 0.15) is 0 Å². The lowest BCUT2D eigenvalue weighted by atomic mass is 9.84. The molecule has 2 rings (SSSR count). The number of rotatable bonds is 6. The first-order valence-corrected chi connectivity index (χ1v) is 7.30. The van der Waals surface area contributed by atoms with Crippen LogP contribution < -0.4 is 11.3 Å². The van der Waals surface area contributed by atoms with Gasteiger partial charge in [0, 0.05) is 24.0 Å². The van der Waals surface area contributed by atoms with Crippen molar-refractivity contribution in [2.45, 2.75) is 51.1 Å². The van der Waals surface area contributed by atoms with Crippen LogP contribution in [0.25, 0.3) is 0 Å². The Hall–Kier alpha value is -0.970. The summed E-state index contributed by atoms with van der Waals surface area (Å²) in [6, 6.07) is 4.36. The number of hydrogen-bond donors (Lipinski definition) is 2. The van der Waals surface area contributed by atoms with Gasteiger partial charge in [-0.25, -0.2) is 0 Å². The average Bonchev–Trinajstić information content (AvgIpc) is 3.00. The molecule has 0 bridgehead atoms. The predicted molar refractivity (Wildman–Crippen MR) is 78.6 cm³/mol. The Balaban J connectivity index is 2.13. The van der Waals surface area contributed by atoms with Crippen molar-refractivity contribution < 1.29 is 0 Å². The number of hydrazine groups is 1. The number of aromatic nitrogens is 1. The van der Waals surface area contributed by atoms with Crippen molar-refractivity contribution in [1.29, 1.82) is 0 Å². The Morgan fingerprint density at radius 2 is 2.21 bits per heavy atom. The zero-order chi connectivity index (χ0) is 13.7. The molecule has 0 aromatic carbocycles. The summed E-state index contributed by atoms with van der Waals surface area (Å²) in [6.07, 6.45) is 8.38. The lowest BCUT2D eigenvalue weighted by Gasteiger charge is -2.44. The van der Waals surface area contributed by atoms with Crippen molar-refractivity contribution in [2.75, 3.05) is 13.1 Å². The molecule has 0 spiro atoms. The van der Waals surface area contributed by atoms with E-state index in [0.29, 0.717) is 0 Å². The summed E-state index contributed by atoms with van der Waals surface area (Å²) in [6.45, 7) is 6.97. The van der Waals surface area contributed by atoms with E-state index in [0.717, 1.165) is 12.8 Å². The molecule has 4 nitrogen and oxygen atoms in total. The van der Waals surface area contributed by atoms with Crippen molar-refractivity contribution in [1.82, 2.24) is 15.3 Å². The van der Waals surface area contributed by atoms with Gasteiger partial charge in [-0.05, 0) is 57.3 Å². The molecule has 2 atom stereocenters. The molecular weight excluding hydrogens is 236 g/mol. The van der Waals surface area contributed by atoms with E-state index in [9.17, 15) is 0 Å². The monoisotopic (exact) mass is 262 g/mol. The molecular formula is C15H26N4. The van der Waals surface area contributed by atoms with Crippen LogP contribution in [0.3, 0.4) is 0 Å². The highest BCUT2D eigenvalue weighted by Crippen LogP contribution is 2.29. The van der Waals surface area contributed by atoms with Crippen molar-refractivity contribution in [3.63, 3.8) is 0 Å². The Morgan fingerprint density at radius 3 is 2.74 bits per heavy atom. The van der Waals surface area contributed by atoms with Crippen LogP contribution in [-0.2, 0) is 6.42 Å². The molecule has 0 aliphatic carbocycles. The summed E-state index contributed by atoms with van der Waals surface area (Å²) in [5.41, 5.74) is 4.40. The largest absolute Gasteiger partial charge is 0.296 e. The van der Waals surface area contributed by atoms with Crippen molar-refractivity contribution in [3.05, 3.63) is 30.1 Å². The molecule has 1 aliphatic heterocycles. The van der Waals surface area contributed by atoms with E-state index in [1.165, 1.54) is 31.5 Å². The number of likely N-dealkylation sites (tertiary alicyclic amines) is 1. The van der Waals surface area contributed by atoms with Gasteiger partial charge in [0.15, 0.2) is 0 Å². The summed E-state index contributed by atoms with van der Waals surface area (Å²) < 4.78 is 0. The third-order valence-corrected chi connectivity index (χ3v) is 4.66. The highest BCUT2D eigenvalue weighted by molar-refractivity contribution is 5.13. The molecule has 2 heterocycles. The van der Waals surface area contributed by atoms with E-state index in [-0.39, 0.29) is 11.6 Å². The quantitative estimate of drug-likeness (QED) is 0.605. The first kappa shape index (κ1) is 14.4. The van der Waals surface area contributed by atoms with Gasteiger partial charge in [0.05, 0.1) is 0 Å². The standard InChI is InChI=1S/C15H26N4/c1-3-15(2,19-9-4-5-10-19)14(18-16)11-13-7-6-8-17-12-13/h6-8,12,14,18H,3-5,9-11,16H2,1-2H3. The molecule has 1 aliphatic rings. The van der Waals surface area contributed by atoms with Crippen LogP contribution in [0.5, 0.6) is 0 Å². The smallest absolute Gasteiger partial charge is 0.0432 e. The number of nitrogens with zero attached hydrogens (tertiary/aromatic N) is 2. The first-order valence-electron chi connectivity index (χ1n) is 7.30. The fraction of sp³-hybridized carbons (Fsp3) is 0.667. The van der Waals surface area contributed by atoms with E-state index in [4.69, 9.17) is 5.84 Å². The third kappa shape index (κ3) is 3.14. The lowest BCUT2D eigenvalue weighted by Crippen LogP contribution is -2.61. The minimum absolute atomic E-state index is 0.112. The van der Waals surface area contributed by atoms with E-state index in [1.54, 1.807) is 0 Å². The Morgan fingerprint density at radius 1 is 1.47 bits per heavy atom. The second-order valence-corrected chi connectivity index (χ2v) is 5.69. The molecule has 0 radical (unpaired) electrons. The van der Waals surface area contributed by atoms with Crippen LogP contribution in [0, 0.1) is 0 Å². The van der Waals surface area contributed by atoms with Gasteiger partial charge < -0.3 is 0 Å². The van der Waals surface area contributed by atoms with E-state index in [1.807, 2.05) is 18.5 Å². The van der Waals surface area contributed by atoms with Gasteiger partial charge in [0.25, 0.3) is 0 Å².